The van der Waals surface area contributed by atoms with Crippen LogP contribution in [0, 0.1) is 0 Å². The first-order valence-corrected chi connectivity index (χ1v) is 7.71. The zero-order chi connectivity index (χ0) is 15.2. The van der Waals surface area contributed by atoms with Gasteiger partial charge in [-0.1, -0.05) is 42.5 Å². The second-order valence-electron chi connectivity index (χ2n) is 5.64. The van der Waals surface area contributed by atoms with Crippen molar-refractivity contribution in [2.75, 3.05) is 0 Å². The van der Waals surface area contributed by atoms with Gasteiger partial charge in [0.05, 0.1) is 12.0 Å². The van der Waals surface area contributed by atoms with Crippen LogP contribution in [0.3, 0.4) is 0 Å². The van der Waals surface area contributed by atoms with Crippen LogP contribution in [0.5, 0.6) is 0 Å². The summed E-state index contributed by atoms with van der Waals surface area (Å²) in [5.41, 5.74) is 2.40. The normalized spacial score (nSPS) is 12.4. The maximum Gasteiger partial charge on any atom is 0.0945 e. The standard InChI is InChI=1S/C17H21N5/c1-15(16-6-3-2-4-7-16)12-17-13-22(20-19-17)10-5-9-21-11-8-18-14-21/h2-4,6-8,11,13-15H,5,9-10,12H2,1H3/t15-/m0/s1. The molecule has 0 saturated carbocycles. The molecule has 0 aliphatic heterocycles. The fourth-order valence-electron chi connectivity index (χ4n) is 2.59. The number of imidazole rings is 1. The lowest BCUT2D eigenvalue weighted by Gasteiger charge is -2.09. The van der Waals surface area contributed by atoms with E-state index in [1.165, 1.54) is 5.56 Å². The molecule has 0 fully saturated rings. The lowest BCUT2D eigenvalue weighted by Crippen LogP contribution is -2.03. The summed E-state index contributed by atoms with van der Waals surface area (Å²) < 4.78 is 4.01. The molecule has 5 nitrogen and oxygen atoms in total. The first kappa shape index (κ1) is 14.5. The molecular formula is C17H21N5. The van der Waals surface area contributed by atoms with E-state index in [0.717, 1.165) is 31.6 Å². The van der Waals surface area contributed by atoms with E-state index in [-0.39, 0.29) is 0 Å². The quantitative estimate of drug-likeness (QED) is 0.673. The molecule has 3 aromatic rings. The third-order valence-electron chi connectivity index (χ3n) is 3.83. The summed E-state index contributed by atoms with van der Waals surface area (Å²) >= 11 is 0. The van der Waals surface area contributed by atoms with Crippen LogP contribution in [0.4, 0.5) is 0 Å². The number of aromatic nitrogens is 5. The van der Waals surface area contributed by atoms with Gasteiger partial charge >= 0.3 is 0 Å². The number of benzene rings is 1. The average molecular weight is 295 g/mol. The highest BCUT2D eigenvalue weighted by molar-refractivity contribution is 5.20. The zero-order valence-corrected chi connectivity index (χ0v) is 12.8. The van der Waals surface area contributed by atoms with Crippen molar-refractivity contribution < 1.29 is 0 Å². The smallest absolute Gasteiger partial charge is 0.0945 e. The highest BCUT2D eigenvalue weighted by Gasteiger charge is 2.09. The molecule has 114 valence electrons. The highest BCUT2D eigenvalue weighted by Crippen LogP contribution is 2.18. The largest absolute Gasteiger partial charge is 0.337 e. The molecule has 3 rings (SSSR count). The summed E-state index contributed by atoms with van der Waals surface area (Å²) in [4.78, 5) is 4.04. The molecule has 22 heavy (non-hydrogen) atoms. The molecule has 0 bridgehead atoms. The number of aryl methyl sites for hydroxylation is 2. The van der Waals surface area contributed by atoms with Crippen molar-refractivity contribution in [3.05, 3.63) is 66.5 Å². The minimum Gasteiger partial charge on any atom is -0.337 e. The molecular weight excluding hydrogens is 274 g/mol. The highest BCUT2D eigenvalue weighted by atomic mass is 15.4. The van der Waals surface area contributed by atoms with Crippen LogP contribution >= 0.6 is 0 Å². The Morgan fingerprint density at radius 2 is 2.00 bits per heavy atom. The minimum absolute atomic E-state index is 0.456. The Kier molecular flexibility index (Phi) is 4.63. The van der Waals surface area contributed by atoms with E-state index in [0.29, 0.717) is 5.92 Å². The van der Waals surface area contributed by atoms with Crippen LogP contribution in [0.25, 0.3) is 0 Å². The van der Waals surface area contributed by atoms with Crippen molar-refractivity contribution in [3.8, 4) is 0 Å². The summed E-state index contributed by atoms with van der Waals surface area (Å²) in [5, 5.41) is 8.51. The van der Waals surface area contributed by atoms with Crippen LogP contribution < -0.4 is 0 Å². The van der Waals surface area contributed by atoms with Gasteiger partial charge in [0.2, 0.25) is 0 Å². The zero-order valence-electron chi connectivity index (χ0n) is 12.8. The van der Waals surface area contributed by atoms with Gasteiger partial charge in [-0.15, -0.1) is 5.10 Å². The van der Waals surface area contributed by atoms with E-state index >= 15 is 0 Å². The molecule has 2 aromatic heterocycles. The van der Waals surface area contributed by atoms with Crippen LogP contribution in [-0.2, 0) is 19.5 Å². The fourth-order valence-corrected chi connectivity index (χ4v) is 2.59. The molecule has 0 saturated heterocycles. The van der Waals surface area contributed by atoms with Crippen molar-refractivity contribution in [1.29, 1.82) is 0 Å². The fraction of sp³-hybridized carbons (Fsp3) is 0.353. The molecule has 0 aliphatic rings. The van der Waals surface area contributed by atoms with Gasteiger partial charge in [-0.05, 0) is 24.3 Å². The lowest BCUT2D eigenvalue weighted by molar-refractivity contribution is 0.514. The monoisotopic (exact) mass is 295 g/mol. The number of rotatable bonds is 7. The Morgan fingerprint density at radius 1 is 1.14 bits per heavy atom. The maximum absolute atomic E-state index is 4.29. The third kappa shape index (κ3) is 3.81. The molecule has 0 amide bonds. The molecule has 0 unspecified atom stereocenters. The SMILES string of the molecule is C[C@@H](Cc1cn(CCCn2ccnc2)nn1)c1ccccc1. The Morgan fingerprint density at radius 3 is 2.77 bits per heavy atom. The molecule has 2 heterocycles. The van der Waals surface area contributed by atoms with Gasteiger partial charge in [-0.3, -0.25) is 4.68 Å². The molecule has 1 atom stereocenters. The van der Waals surface area contributed by atoms with E-state index in [1.807, 2.05) is 23.3 Å². The van der Waals surface area contributed by atoms with E-state index in [1.54, 1.807) is 6.20 Å². The average Bonchev–Trinajstić information content (AvgIpc) is 3.20. The minimum atomic E-state index is 0.456. The summed E-state index contributed by atoms with van der Waals surface area (Å²) in [6, 6.07) is 10.5. The van der Waals surface area contributed by atoms with Gasteiger partial charge in [0.1, 0.15) is 0 Å². The predicted molar refractivity (Wildman–Crippen MR) is 85.4 cm³/mol. The number of nitrogens with zero attached hydrogens (tertiary/aromatic N) is 5. The lowest BCUT2D eigenvalue weighted by atomic mass is 9.97. The molecule has 0 aliphatic carbocycles. The van der Waals surface area contributed by atoms with Gasteiger partial charge in [0, 0.05) is 31.7 Å². The van der Waals surface area contributed by atoms with E-state index in [4.69, 9.17) is 0 Å². The molecule has 0 radical (unpaired) electrons. The van der Waals surface area contributed by atoms with Gasteiger partial charge in [-0.2, -0.15) is 0 Å². The Hall–Kier alpha value is -2.43. The molecule has 0 spiro atoms. The van der Waals surface area contributed by atoms with Crippen LogP contribution in [0.1, 0.15) is 30.5 Å². The third-order valence-corrected chi connectivity index (χ3v) is 3.83. The Bertz CT molecular complexity index is 672. The first-order valence-electron chi connectivity index (χ1n) is 7.71. The van der Waals surface area contributed by atoms with E-state index < -0.39 is 0 Å². The Labute approximate surface area is 130 Å². The summed E-state index contributed by atoms with van der Waals surface area (Å²) in [6.45, 7) is 4.06. The summed E-state index contributed by atoms with van der Waals surface area (Å²) in [5.74, 6) is 0.456. The Balaban J connectivity index is 1.50. The number of hydrogen-bond acceptors (Lipinski definition) is 3. The molecule has 0 N–H and O–H groups in total. The summed E-state index contributed by atoms with van der Waals surface area (Å²) in [7, 11) is 0. The van der Waals surface area contributed by atoms with Crippen molar-refractivity contribution in [2.24, 2.45) is 0 Å². The van der Waals surface area contributed by atoms with Gasteiger partial charge < -0.3 is 4.57 Å². The van der Waals surface area contributed by atoms with Crippen molar-refractivity contribution >= 4 is 0 Å². The second-order valence-corrected chi connectivity index (χ2v) is 5.64. The van der Waals surface area contributed by atoms with Crippen molar-refractivity contribution in [3.63, 3.8) is 0 Å². The van der Waals surface area contributed by atoms with E-state index in [2.05, 4.69) is 57.2 Å². The van der Waals surface area contributed by atoms with Crippen LogP contribution in [-0.4, -0.2) is 24.5 Å². The maximum atomic E-state index is 4.29. The van der Waals surface area contributed by atoms with Gasteiger partial charge in [0.15, 0.2) is 0 Å². The summed E-state index contributed by atoms with van der Waals surface area (Å²) in [6.07, 6.45) is 9.63. The number of hydrogen-bond donors (Lipinski definition) is 0. The van der Waals surface area contributed by atoms with Crippen molar-refractivity contribution in [2.45, 2.75) is 38.8 Å². The van der Waals surface area contributed by atoms with Crippen LogP contribution in [0.2, 0.25) is 0 Å². The van der Waals surface area contributed by atoms with Gasteiger partial charge in [-0.25, -0.2) is 4.98 Å². The second kappa shape index (κ2) is 7.02. The topological polar surface area (TPSA) is 48.5 Å². The first-order chi connectivity index (χ1) is 10.8. The predicted octanol–water partition coefficient (Wildman–Crippen LogP) is 2.91. The van der Waals surface area contributed by atoms with Gasteiger partial charge in [0.25, 0.3) is 0 Å². The van der Waals surface area contributed by atoms with Crippen LogP contribution in [0.15, 0.2) is 55.2 Å². The molecule has 5 heteroatoms. The van der Waals surface area contributed by atoms with Crippen molar-refractivity contribution in [1.82, 2.24) is 24.5 Å². The van der Waals surface area contributed by atoms with E-state index in [9.17, 15) is 0 Å². The molecule has 1 aromatic carbocycles.